The maximum absolute atomic E-state index is 13.5. The first-order chi connectivity index (χ1) is 8.01. The van der Waals surface area contributed by atoms with Crippen molar-refractivity contribution in [3.8, 4) is 0 Å². The molecule has 1 heterocycles. The molecule has 1 aromatic carbocycles. The molecule has 0 bridgehead atoms. The molecule has 1 fully saturated rings. The van der Waals surface area contributed by atoms with Gasteiger partial charge in [0, 0.05) is 25.7 Å². The Bertz CT molecular complexity index is 510. The summed E-state index contributed by atoms with van der Waals surface area (Å²) in [5.74, 6) is -0.696. The highest BCUT2D eigenvalue weighted by molar-refractivity contribution is 7.89. The van der Waals surface area contributed by atoms with Crippen LogP contribution in [0, 0.1) is 5.82 Å². The molecule has 2 rings (SSSR count). The lowest BCUT2D eigenvalue weighted by molar-refractivity contribution is 0.309. The number of nitrogens with zero attached hydrogens (tertiary/aromatic N) is 1. The number of benzene rings is 1. The molecule has 0 amide bonds. The molecule has 1 atom stereocenters. The third kappa shape index (κ3) is 3.00. The first kappa shape index (κ1) is 15.4. The molecule has 7 heteroatoms. The van der Waals surface area contributed by atoms with E-state index in [9.17, 15) is 12.8 Å². The lowest BCUT2D eigenvalue weighted by Gasteiger charge is -2.31. The number of halogens is 2. The zero-order valence-corrected chi connectivity index (χ0v) is 11.6. The standard InChI is InChI=1S/C11H15FN2O2S.ClH/c1-9-8-14(7-6-13-9)17(15,16)11-5-3-2-4-10(11)12;/h2-5,9,13H,6-8H2,1H3;1H/t9-;/m0./s1. The Kier molecular flexibility index (Phi) is 5.10. The lowest BCUT2D eigenvalue weighted by atomic mass is 10.3. The van der Waals surface area contributed by atoms with Crippen molar-refractivity contribution in [3.63, 3.8) is 0 Å². The van der Waals surface area contributed by atoms with Gasteiger partial charge in [-0.3, -0.25) is 0 Å². The first-order valence-corrected chi connectivity index (χ1v) is 6.94. The van der Waals surface area contributed by atoms with Crippen LogP contribution >= 0.6 is 12.4 Å². The molecule has 1 saturated heterocycles. The minimum absolute atomic E-state index is 0. The topological polar surface area (TPSA) is 49.4 Å². The molecule has 0 radical (unpaired) electrons. The van der Waals surface area contributed by atoms with Crippen LogP contribution in [0.2, 0.25) is 0 Å². The zero-order chi connectivity index (χ0) is 12.5. The summed E-state index contributed by atoms with van der Waals surface area (Å²) in [7, 11) is -3.71. The summed E-state index contributed by atoms with van der Waals surface area (Å²) in [6.45, 7) is 3.25. The number of hydrogen-bond acceptors (Lipinski definition) is 3. The highest BCUT2D eigenvalue weighted by Gasteiger charge is 2.30. The minimum atomic E-state index is -3.71. The Labute approximate surface area is 113 Å². The fourth-order valence-electron chi connectivity index (χ4n) is 1.91. The van der Waals surface area contributed by atoms with E-state index >= 15 is 0 Å². The zero-order valence-electron chi connectivity index (χ0n) is 9.97. The predicted octanol–water partition coefficient (Wildman–Crippen LogP) is 1.23. The third-order valence-corrected chi connectivity index (χ3v) is 4.68. The molecule has 0 aromatic heterocycles. The van der Waals surface area contributed by atoms with Crippen molar-refractivity contribution in [2.24, 2.45) is 0 Å². The van der Waals surface area contributed by atoms with E-state index in [0.29, 0.717) is 19.6 Å². The van der Waals surface area contributed by atoms with Crippen molar-refractivity contribution < 1.29 is 12.8 Å². The highest BCUT2D eigenvalue weighted by atomic mass is 35.5. The summed E-state index contributed by atoms with van der Waals surface area (Å²) in [6, 6.07) is 5.57. The van der Waals surface area contributed by atoms with Crippen LogP contribution in [0.15, 0.2) is 29.2 Å². The molecule has 0 spiro atoms. The van der Waals surface area contributed by atoms with Gasteiger partial charge in [-0.25, -0.2) is 12.8 Å². The van der Waals surface area contributed by atoms with Crippen LogP contribution in [0.3, 0.4) is 0 Å². The Morgan fingerprint density at radius 2 is 2.06 bits per heavy atom. The molecule has 0 unspecified atom stereocenters. The van der Waals surface area contributed by atoms with Crippen molar-refractivity contribution in [2.45, 2.75) is 17.9 Å². The van der Waals surface area contributed by atoms with Crippen LogP contribution < -0.4 is 5.32 Å². The number of sulfonamides is 1. The Hall–Kier alpha value is -0.690. The summed E-state index contributed by atoms with van der Waals surface area (Å²) < 4.78 is 39.3. The number of rotatable bonds is 2. The molecular weight excluding hydrogens is 279 g/mol. The minimum Gasteiger partial charge on any atom is -0.312 e. The van der Waals surface area contributed by atoms with E-state index in [1.165, 1.54) is 28.6 Å². The quantitative estimate of drug-likeness (QED) is 0.892. The Morgan fingerprint density at radius 3 is 2.67 bits per heavy atom. The SMILES string of the molecule is C[C@H]1CN(S(=O)(=O)c2ccccc2F)CCN1.Cl. The van der Waals surface area contributed by atoms with Gasteiger partial charge in [0.2, 0.25) is 10.0 Å². The van der Waals surface area contributed by atoms with E-state index in [-0.39, 0.29) is 23.3 Å². The van der Waals surface area contributed by atoms with Gasteiger partial charge in [-0.1, -0.05) is 12.1 Å². The second kappa shape index (κ2) is 5.97. The molecular formula is C11H16ClFN2O2S. The van der Waals surface area contributed by atoms with Gasteiger partial charge >= 0.3 is 0 Å². The van der Waals surface area contributed by atoms with Crippen molar-refractivity contribution in [1.82, 2.24) is 9.62 Å². The van der Waals surface area contributed by atoms with E-state index < -0.39 is 15.8 Å². The van der Waals surface area contributed by atoms with Crippen molar-refractivity contribution in [2.75, 3.05) is 19.6 Å². The highest BCUT2D eigenvalue weighted by Crippen LogP contribution is 2.19. The molecule has 102 valence electrons. The molecule has 1 aromatic rings. The van der Waals surface area contributed by atoms with Gasteiger partial charge in [-0.15, -0.1) is 12.4 Å². The third-order valence-electron chi connectivity index (χ3n) is 2.79. The maximum Gasteiger partial charge on any atom is 0.246 e. The van der Waals surface area contributed by atoms with Gasteiger partial charge in [0.25, 0.3) is 0 Å². The number of hydrogen-bond donors (Lipinski definition) is 1. The summed E-state index contributed by atoms with van der Waals surface area (Å²) in [5, 5.41) is 3.15. The van der Waals surface area contributed by atoms with Gasteiger partial charge in [0.05, 0.1) is 0 Å². The average Bonchev–Trinajstić information content (AvgIpc) is 2.29. The summed E-state index contributed by atoms with van der Waals surface area (Å²) in [5.41, 5.74) is 0. The van der Waals surface area contributed by atoms with E-state index in [4.69, 9.17) is 0 Å². The Morgan fingerprint density at radius 1 is 1.39 bits per heavy atom. The van der Waals surface area contributed by atoms with Crippen LogP contribution in [0.25, 0.3) is 0 Å². The average molecular weight is 295 g/mol. The fraction of sp³-hybridized carbons (Fsp3) is 0.455. The van der Waals surface area contributed by atoms with Crippen LogP contribution in [-0.2, 0) is 10.0 Å². The molecule has 0 saturated carbocycles. The normalized spacial score (nSPS) is 21.3. The molecule has 1 N–H and O–H groups in total. The molecule has 1 aliphatic rings. The van der Waals surface area contributed by atoms with Crippen molar-refractivity contribution >= 4 is 22.4 Å². The molecule has 4 nitrogen and oxygen atoms in total. The van der Waals surface area contributed by atoms with Crippen LogP contribution in [0.4, 0.5) is 4.39 Å². The number of piperazine rings is 1. The van der Waals surface area contributed by atoms with Crippen LogP contribution in [0.5, 0.6) is 0 Å². The monoisotopic (exact) mass is 294 g/mol. The molecule has 18 heavy (non-hydrogen) atoms. The smallest absolute Gasteiger partial charge is 0.246 e. The predicted molar refractivity (Wildman–Crippen MR) is 69.9 cm³/mol. The van der Waals surface area contributed by atoms with E-state index in [2.05, 4.69) is 5.32 Å². The van der Waals surface area contributed by atoms with Gasteiger partial charge in [-0.2, -0.15) is 4.31 Å². The lowest BCUT2D eigenvalue weighted by Crippen LogP contribution is -2.51. The van der Waals surface area contributed by atoms with E-state index in [1.807, 2.05) is 6.92 Å². The Balaban J connectivity index is 0.00000162. The largest absolute Gasteiger partial charge is 0.312 e. The maximum atomic E-state index is 13.5. The van der Waals surface area contributed by atoms with Crippen molar-refractivity contribution in [1.29, 1.82) is 0 Å². The van der Waals surface area contributed by atoms with Gasteiger partial charge in [-0.05, 0) is 19.1 Å². The molecule has 1 aliphatic heterocycles. The van der Waals surface area contributed by atoms with Crippen LogP contribution in [0.1, 0.15) is 6.92 Å². The fourth-order valence-corrected chi connectivity index (χ4v) is 3.50. The van der Waals surface area contributed by atoms with Crippen molar-refractivity contribution in [3.05, 3.63) is 30.1 Å². The van der Waals surface area contributed by atoms with E-state index in [0.717, 1.165) is 0 Å². The second-order valence-corrected chi connectivity index (χ2v) is 6.06. The molecule has 0 aliphatic carbocycles. The van der Waals surface area contributed by atoms with Gasteiger partial charge in [0.1, 0.15) is 10.7 Å². The van der Waals surface area contributed by atoms with Crippen LogP contribution in [-0.4, -0.2) is 38.4 Å². The van der Waals surface area contributed by atoms with Gasteiger partial charge < -0.3 is 5.32 Å². The van der Waals surface area contributed by atoms with Gasteiger partial charge in [0.15, 0.2) is 0 Å². The first-order valence-electron chi connectivity index (χ1n) is 5.50. The summed E-state index contributed by atoms with van der Waals surface area (Å²) in [6.07, 6.45) is 0. The van der Waals surface area contributed by atoms with E-state index in [1.54, 1.807) is 0 Å². The summed E-state index contributed by atoms with van der Waals surface area (Å²) >= 11 is 0. The summed E-state index contributed by atoms with van der Waals surface area (Å²) in [4.78, 5) is -0.242. The number of nitrogens with one attached hydrogen (secondary N) is 1. The second-order valence-electron chi connectivity index (χ2n) is 4.15.